The molecule has 10 heteroatoms. The summed E-state index contributed by atoms with van der Waals surface area (Å²) in [5.74, 6) is -2.36. The van der Waals surface area contributed by atoms with Crippen molar-refractivity contribution in [1.82, 2.24) is 5.32 Å². The molecule has 0 bridgehead atoms. The second-order valence-corrected chi connectivity index (χ2v) is 9.28. The summed E-state index contributed by atoms with van der Waals surface area (Å²) in [5, 5.41) is 5.15. The molecule has 2 fully saturated rings. The van der Waals surface area contributed by atoms with E-state index in [0.717, 1.165) is 0 Å². The molecule has 5 rings (SSSR count). The number of anilines is 2. The molecule has 34 heavy (non-hydrogen) atoms. The van der Waals surface area contributed by atoms with Crippen LogP contribution in [0, 0.1) is 17.6 Å². The molecule has 2 saturated heterocycles. The Balaban J connectivity index is 1.27. The van der Waals surface area contributed by atoms with Gasteiger partial charge in [-0.2, -0.15) is 0 Å². The lowest BCUT2D eigenvalue weighted by Gasteiger charge is -2.41. The van der Waals surface area contributed by atoms with E-state index in [1.807, 2.05) is 4.90 Å². The van der Waals surface area contributed by atoms with Gasteiger partial charge in [0.1, 0.15) is 17.4 Å². The van der Waals surface area contributed by atoms with E-state index in [4.69, 9.17) is 16.3 Å². The van der Waals surface area contributed by atoms with Crippen LogP contribution < -0.4 is 20.3 Å². The average molecular weight is 490 g/mol. The van der Waals surface area contributed by atoms with E-state index < -0.39 is 23.5 Å². The highest BCUT2D eigenvalue weighted by Gasteiger charge is 2.38. The molecule has 1 unspecified atom stereocenters. The Morgan fingerprint density at radius 3 is 2.74 bits per heavy atom. The van der Waals surface area contributed by atoms with Gasteiger partial charge < -0.3 is 15.0 Å². The first-order chi connectivity index (χ1) is 16.3. The third-order valence-electron chi connectivity index (χ3n) is 6.51. The SMILES string of the molecule is O=C1CCC(c2c(F)cc(N3CC(CC(=O)Nc4cc(Cl)ccc4F)C3)c3c2CCO3)C(=O)N1. The van der Waals surface area contributed by atoms with Crippen molar-refractivity contribution in [3.63, 3.8) is 0 Å². The van der Waals surface area contributed by atoms with Crippen LogP contribution in [0.2, 0.25) is 5.02 Å². The van der Waals surface area contributed by atoms with Crippen LogP contribution in [-0.4, -0.2) is 37.4 Å². The second kappa shape index (κ2) is 8.87. The Hall–Kier alpha value is -3.20. The number of halogens is 3. The van der Waals surface area contributed by atoms with Gasteiger partial charge in [-0.3, -0.25) is 19.7 Å². The van der Waals surface area contributed by atoms with E-state index in [1.54, 1.807) is 0 Å². The molecule has 2 aromatic carbocycles. The van der Waals surface area contributed by atoms with E-state index >= 15 is 4.39 Å². The van der Waals surface area contributed by atoms with Crippen molar-refractivity contribution in [3.8, 4) is 5.75 Å². The van der Waals surface area contributed by atoms with Crippen molar-refractivity contribution < 1.29 is 27.9 Å². The predicted octanol–water partition coefficient (Wildman–Crippen LogP) is 3.54. The van der Waals surface area contributed by atoms with E-state index in [1.165, 1.54) is 24.3 Å². The Bertz CT molecular complexity index is 1200. The van der Waals surface area contributed by atoms with Crippen molar-refractivity contribution in [3.05, 3.63) is 52.0 Å². The van der Waals surface area contributed by atoms with Crippen LogP contribution in [0.4, 0.5) is 20.2 Å². The normalized spacial score (nSPS) is 19.9. The molecule has 0 spiro atoms. The number of hydrogen-bond donors (Lipinski definition) is 2. The summed E-state index contributed by atoms with van der Waals surface area (Å²) in [4.78, 5) is 38.1. The van der Waals surface area contributed by atoms with Crippen molar-refractivity contribution in [2.45, 2.75) is 31.6 Å². The summed E-state index contributed by atoms with van der Waals surface area (Å²) in [6.45, 7) is 1.41. The van der Waals surface area contributed by atoms with Gasteiger partial charge in [-0.25, -0.2) is 8.78 Å². The zero-order valence-corrected chi connectivity index (χ0v) is 18.9. The van der Waals surface area contributed by atoms with Crippen molar-refractivity contribution in [2.24, 2.45) is 5.92 Å². The van der Waals surface area contributed by atoms with Crippen LogP contribution in [0.25, 0.3) is 0 Å². The minimum absolute atomic E-state index is 0.0113. The number of nitrogens with one attached hydrogen (secondary N) is 2. The van der Waals surface area contributed by atoms with Gasteiger partial charge in [-0.15, -0.1) is 0 Å². The molecule has 0 saturated carbocycles. The Kier molecular flexibility index (Phi) is 5.89. The number of carbonyl (C=O) groups is 3. The first-order valence-corrected chi connectivity index (χ1v) is 11.5. The highest BCUT2D eigenvalue weighted by atomic mass is 35.5. The quantitative estimate of drug-likeness (QED) is 0.627. The van der Waals surface area contributed by atoms with E-state index in [2.05, 4.69) is 10.6 Å². The van der Waals surface area contributed by atoms with E-state index in [9.17, 15) is 18.8 Å². The summed E-state index contributed by atoms with van der Waals surface area (Å²) >= 11 is 5.86. The molecule has 1 atom stereocenters. The lowest BCUT2D eigenvalue weighted by atomic mass is 9.85. The fourth-order valence-corrected chi connectivity index (χ4v) is 5.05. The maximum atomic E-state index is 15.2. The van der Waals surface area contributed by atoms with Crippen LogP contribution in [0.15, 0.2) is 24.3 Å². The summed E-state index contributed by atoms with van der Waals surface area (Å²) in [5.41, 5.74) is 1.60. The molecule has 3 aliphatic heterocycles. The highest BCUT2D eigenvalue weighted by Crippen LogP contribution is 2.45. The molecule has 2 aromatic rings. The van der Waals surface area contributed by atoms with E-state index in [0.29, 0.717) is 53.7 Å². The van der Waals surface area contributed by atoms with Crippen LogP contribution >= 0.6 is 11.6 Å². The minimum Gasteiger partial charge on any atom is -0.491 e. The fourth-order valence-electron chi connectivity index (χ4n) is 4.88. The lowest BCUT2D eigenvalue weighted by molar-refractivity contribution is -0.134. The largest absolute Gasteiger partial charge is 0.491 e. The monoisotopic (exact) mass is 489 g/mol. The number of carbonyl (C=O) groups excluding carboxylic acids is 3. The zero-order chi connectivity index (χ0) is 24.0. The van der Waals surface area contributed by atoms with Gasteiger partial charge in [0.2, 0.25) is 17.7 Å². The number of benzene rings is 2. The Morgan fingerprint density at radius 1 is 1.18 bits per heavy atom. The average Bonchev–Trinajstić information content (AvgIpc) is 3.23. The summed E-state index contributed by atoms with van der Waals surface area (Å²) in [7, 11) is 0. The number of piperidine rings is 1. The highest BCUT2D eigenvalue weighted by molar-refractivity contribution is 6.30. The smallest absolute Gasteiger partial charge is 0.234 e. The van der Waals surface area contributed by atoms with Crippen molar-refractivity contribution in [1.29, 1.82) is 0 Å². The number of rotatable bonds is 5. The molecule has 3 aliphatic rings. The van der Waals surface area contributed by atoms with Crippen LogP contribution in [-0.2, 0) is 20.8 Å². The van der Waals surface area contributed by atoms with E-state index in [-0.39, 0.29) is 42.7 Å². The van der Waals surface area contributed by atoms with Gasteiger partial charge in [-0.05, 0) is 24.6 Å². The Labute approximate surface area is 199 Å². The molecular weight excluding hydrogens is 468 g/mol. The molecule has 7 nitrogen and oxygen atoms in total. The third-order valence-corrected chi connectivity index (χ3v) is 6.75. The summed E-state index contributed by atoms with van der Waals surface area (Å²) in [6.07, 6.45) is 1.10. The standard InChI is InChI=1S/C24H22ClF2N3O4/c25-13-1-3-16(26)18(8-13)28-21(32)7-12-10-30(11-12)19-9-17(27)22(14-5-6-34-23(14)19)15-2-4-20(31)29-24(15)33/h1,3,8-9,12,15H,2,4-7,10-11H2,(H,28,32)(H,29,31,33). The van der Waals surface area contributed by atoms with Gasteiger partial charge in [0, 0.05) is 60.5 Å². The predicted molar refractivity (Wildman–Crippen MR) is 121 cm³/mol. The summed E-state index contributed by atoms with van der Waals surface area (Å²) in [6, 6.07) is 5.33. The first-order valence-electron chi connectivity index (χ1n) is 11.1. The van der Waals surface area contributed by atoms with Crippen molar-refractivity contribution >= 4 is 40.7 Å². The van der Waals surface area contributed by atoms with Crippen LogP contribution in [0.3, 0.4) is 0 Å². The number of fused-ring (bicyclic) bond motifs is 1. The fraction of sp³-hybridized carbons (Fsp3) is 0.375. The number of hydrogen-bond acceptors (Lipinski definition) is 5. The van der Waals surface area contributed by atoms with Crippen LogP contribution in [0.1, 0.15) is 36.3 Å². The number of ether oxygens (including phenoxy) is 1. The maximum absolute atomic E-state index is 15.2. The first kappa shape index (κ1) is 22.6. The minimum atomic E-state index is -0.720. The van der Waals surface area contributed by atoms with Crippen molar-refractivity contribution in [2.75, 3.05) is 29.9 Å². The molecule has 0 aliphatic carbocycles. The van der Waals surface area contributed by atoms with Crippen LogP contribution in [0.5, 0.6) is 5.75 Å². The number of imide groups is 1. The topological polar surface area (TPSA) is 87.7 Å². The third kappa shape index (κ3) is 4.20. The molecular formula is C24H22ClF2N3O4. The van der Waals surface area contributed by atoms with Gasteiger partial charge in [0.05, 0.1) is 23.9 Å². The molecule has 2 N–H and O–H groups in total. The molecule has 3 amide bonds. The number of amides is 3. The summed E-state index contributed by atoms with van der Waals surface area (Å²) < 4.78 is 34.9. The molecule has 178 valence electrons. The van der Waals surface area contributed by atoms with Gasteiger partial charge in [0.25, 0.3) is 0 Å². The maximum Gasteiger partial charge on any atom is 0.234 e. The Morgan fingerprint density at radius 2 is 1.97 bits per heavy atom. The van der Waals surface area contributed by atoms with Gasteiger partial charge in [-0.1, -0.05) is 11.6 Å². The second-order valence-electron chi connectivity index (χ2n) is 8.85. The number of nitrogens with zero attached hydrogens (tertiary/aromatic N) is 1. The zero-order valence-electron chi connectivity index (χ0n) is 18.1. The molecule has 3 heterocycles. The van der Waals surface area contributed by atoms with Gasteiger partial charge in [0.15, 0.2) is 0 Å². The lowest BCUT2D eigenvalue weighted by Crippen LogP contribution is -2.48. The van der Waals surface area contributed by atoms with Gasteiger partial charge >= 0.3 is 0 Å². The molecule has 0 radical (unpaired) electrons. The molecule has 0 aromatic heterocycles.